The van der Waals surface area contributed by atoms with Crippen LogP contribution in [0.4, 0.5) is 4.39 Å². The Morgan fingerprint density at radius 2 is 1.95 bits per heavy atom. The zero-order chi connectivity index (χ0) is 15.2. The number of rotatable bonds is 6. The van der Waals surface area contributed by atoms with E-state index in [1.807, 2.05) is 24.3 Å². The molecule has 0 aliphatic rings. The van der Waals surface area contributed by atoms with E-state index in [1.165, 1.54) is 6.07 Å². The van der Waals surface area contributed by atoms with Crippen LogP contribution in [0.5, 0.6) is 0 Å². The topological polar surface area (TPSA) is 38.0 Å². The van der Waals surface area contributed by atoms with Crippen LogP contribution in [0, 0.1) is 5.82 Å². The van der Waals surface area contributed by atoms with Gasteiger partial charge in [0.2, 0.25) is 0 Å². The van der Waals surface area contributed by atoms with E-state index >= 15 is 0 Å². The number of halogens is 3. The van der Waals surface area contributed by atoms with Crippen LogP contribution in [0.2, 0.25) is 10.0 Å². The van der Waals surface area contributed by atoms with Crippen molar-refractivity contribution in [2.45, 2.75) is 17.4 Å². The second-order valence-electron chi connectivity index (χ2n) is 4.54. The van der Waals surface area contributed by atoms with E-state index in [4.69, 9.17) is 29.0 Å². The highest BCUT2D eigenvalue weighted by molar-refractivity contribution is 7.99. The zero-order valence-corrected chi connectivity index (χ0v) is 13.5. The molecule has 0 radical (unpaired) electrons. The van der Waals surface area contributed by atoms with Crippen LogP contribution in [-0.4, -0.2) is 11.8 Å². The molecule has 0 heterocycles. The molecule has 0 aliphatic heterocycles. The van der Waals surface area contributed by atoms with E-state index in [1.54, 1.807) is 23.9 Å². The molecule has 0 saturated heterocycles. The van der Waals surface area contributed by atoms with Gasteiger partial charge in [0.05, 0.1) is 5.02 Å². The molecule has 0 fully saturated rings. The Morgan fingerprint density at radius 1 is 1.19 bits per heavy atom. The van der Waals surface area contributed by atoms with Crippen LogP contribution in [0.15, 0.2) is 47.4 Å². The third kappa shape index (κ3) is 4.87. The van der Waals surface area contributed by atoms with Gasteiger partial charge in [-0.1, -0.05) is 41.4 Å². The van der Waals surface area contributed by atoms with E-state index < -0.39 is 0 Å². The van der Waals surface area contributed by atoms with Crippen molar-refractivity contribution in [3.05, 3.63) is 63.9 Å². The third-order valence-electron chi connectivity index (χ3n) is 2.99. The van der Waals surface area contributed by atoms with Gasteiger partial charge in [-0.2, -0.15) is 0 Å². The normalized spacial score (nSPS) is 12.4. The van der Waals surface area contributed by atoms with E-state index in [-0.39, 0.29) is 11.9 Å². The van der Waals surface area contributed by atoms with E-state index in [9.17, 15) is 4.39 Å². The predicted molar refractivity (Wildman–Crippen MR) is 88.4 cm³/mol. The highest BCUT2D eigenvalue weighted by Gasteiger charge is 2.13. The monoisotopic (exact) mass is 344 g/mol. The molecule has 0 spiro atoms. The molecule has 0 saturated carbocycles. The second-order valence-corrected chi connectivity index (χ2v) is 6.45. The molecular formula is C15H15Cl2FN2S. The molecule has 3 N–H and O–H groups in total. The number of hydrogen-bond donors (Lipinski definition) is 2. The van der Waals surface area contributed by atoms with Crippen LogP contribution in [0.1, 0.15) is 5.56 Å². The largest absolute Gasteiger partial charge is 0.271 e. The minimum absolute atomic E-state index is 0.0676. The number of nitrogens with one attached hydrogen (secondary N) is 1. The van der Waals surface area contributed by atoms with E-state index in [0.29, 0.717) is 27.8 Å². The van der Waals surface area contributed by atoms with Crippen LogP contribution in [-0.2, 0) is 6.42 Å². The maximum absolute atomic E-state index is 13.8. The van der Waals surface area contributed by atoms with Gasteiger partial charge in [-0.3, -0.25) is 11.3 Å². The lowest BCUT2D eigenvalue weighted by Gasteiger charge is -2.16. The Balaban J connectivity index is 1.99. The quantitative estimate of drug-likeness (QED) is 0.466. The lowest BCUT2D eigenvalue weighted by Crippen LogP contribution is -2.38. The molecule has 0 aliphatic carbocycles. The van der Waals surface area contributed by atoms with Crippen molar-refractivity contribution in [1.29, 1.82) is 0 Å². The molecule has 112 valence electrons. The molecule has 21 heavy (non-hydrogen) atoms. The molecule has 2 aromatic carbocycles. The third-order valence-corrected chi connectivity index (χ3v) is 4.91. The molecule has 1 unspecified atom stereocenters. The Kier molecular flexibility index (Phi) is 6.33. The number of thioether (sulfide) groups is 1. The van der Waals surface area contributed by atoms with Crippen LogP contribution in [0.3, 0.4) is 0 Å². The van der Waals surface area contributed by atoms with Crippen LogP contribution < -0.4 is 11.3 Å². The maximum Gasteiger partial charge on any atom is 0.127 e. The fraction of sp³-hybridized carbons (Fsp3) is 0.200. The summed E-state index contributed by atoms with van der Waals surface area (Å²) in [5, 5.41) is 1.09. The highest BCUT2D eigenvalue weighted by atomic mass is 35.5. The summed E-state index contributed by atoms with van der Waals surface area (Å²) >= 11 is 13.4. The zero-order valence-electron chi connectivity index (χ0n) is 11.2. The van der Waals surface area contributed by atoms with Crippen molar-refractivity contribution in [2.75, 3.05) is 5.75 Å². The number of nitrogens with two attached hydrogens (primary N) is 1. The van der Waals surface area contributed by atoms with Crippen molar-refractivity contribution < 1.29 is 4.39 Å². The summed E-state index contributed by atoms with van der Waals surface area (Å²) in [6.45, 7) is 0. The summed E-state index contributed by atoms with van der Waals surface area (Å²) < 4.78 is 13.8. The van der Waals surface area contributed by atoms with Crippen LogP contribution in [0.25, 0.3) is 0 Å². The number of hydrogen-bond acceptors (Lipinski definition) is 3. The summed E-state index contributed by atoms with van der Waals surface area (Å²) in [5.74, 6) is 5.93. The Hall–Kier alpha value is -0.780. The van der Waals surface area contributed by atoms with Gasteiger partial charge in [0.25, 0.3) is 0 Å². The van der Waals surface area contributed by atoms with Gasteiger partial charge in [0, 0.05) is 21.7 Å². The molecule has 6 heteroatoms. The van der Waals surface area contributed by atoms with Crippen molar-refractivity contribution >= 4 is 35.0 Å². The second kappa shape index (κ2) is 8.01. The summed E-state index contributed by atoms with van der Waals surface area (Å²) in [4.78, 5) is 0.982. The lowest BCUT2D eigenvalue weighted by atomic mass is 10.1. The first-order valence-corrected chi connectivity index (χ1v) is 8.11. The molecule has 0 amide bonds. The summed E-state index contributed by atoms with van der Waals surface area (Å²) in [6.07, 6.45) is 0.483. The first-order chi connectivity index (χ1) is 10.1. The predicted octanol–water partition coefficient (Wildman–Crippen LogP) is 4.30. The summed E-state index contributed by atoms with van der Waals surface area (Å²) in [6, 6.07) is 12.2. The van der Waals surface area contributed by atoms with Gasteiger partial charge in [0.1, 0.15) is 5.82 Å². The van der Waals surface area contributed by atoms with Crippen molar-refractivity contribution in [1.82, 2.24) is 5.43 Å². The molecular weight excluding hydrogens is 330 g/mol. The van der Waals surface area contributed by atoms with Crippen molar-refractivity contribution in [3.63, 3.8) is 0 Å². The van der Waals surface area contributed by atoms with E-state index in [0.717, 1.165) is 4.90 Å². The Morgan fingerprint density at radius 3 is 2.62 bits per heavy atom. The summed E-state index contributed by atoms with van der Waals surface area (Å²) in [7, 11) is 0. The van der Waals surface area contributed by atoms with Crippen molar-refractivity contribution in [2.24, 2.45) is 5.84 Å². The SMILES string of the molecule is NNC(CSc1ccccc1Cl)Cc1ccc(Cl)cc1F. The van der Waals surface area contributed by atoms with Gasteiger partial charge in [0.15, 0.2) is 0 Å². The van der Waals surface area contributed by atoms with Crippen LogP contribution >= 0.6 is 35.0 Å². The first-order valence-electron chi connectivity index (χ1n) is 6.37. The Labute approximate surface area is 137 Å². The minimum atomic E-state index is -0.314. The standard InChI is InChI=1S/C15H15Cl2FN2S/c16-11-6-5-10(14(18)8-11)7-12(20-19)9-21-15-4-2-1-3-13(15)17/h1-6,8,12,20H,7,9,19H2. The minimum Gasteiger partial charge on any atom is -0.271 e. The van der Waals surface area contributed by atoms with E-state index in [2.05, 4.69) is 5.43 Å². The fourth-order valence-corrected chi connectivity index (χ4v) is 3.30. The molecule has 0 bridgehead atoms. The average Bonchev–Trinajstić information content (AvgIpc) is 2.47. The first kappa shape index (κ1) is 16.6. The molecule has 2 aromatic rings. The summed E-state index contributed by atoms with van der Waals surface area (Å²) in [5.41, 5.74) is 3.30. The molecule has 0 aromatic heterocycles. The number of hydrazine groups is 1. The van der Waals surface area contributed by atoms with Gasteiger partial charge in [-0.25, -0.2) is 4.39 Å². The van der Waals surface area contributed by atoms with Gasteiger partial charge in [-0.15, -0.1) is 11.8 Å². The highest BCUT2D eigenvalue weighted by Crippen LogP contribution is 2.27. The maximum atomic E-state index is 13.8. The fourth-order valence-electron chi connectivity index (χ4n) is 1.87. The smallest absolute Gasteiger partial charge is 0.127 e. The molecule has 2 nitrogen and oxygen atoms in total. The Bertz CT molecular complexity index is 610. The average molecular weight is 345 g/mol. The van der Waals surface area contributed by atoms with Gasteiger partial charge < -0.3 is 0 Å². The van der Waals surface area contributed by atoms with Crippen molar-refractivity contribution in [3.8, 4) is 0 Å². The molecule has 2 rings (SSSR count). The van der Waals surface area contributed by atoms with Gasteiger partial charge >= 0.3 is 0 Å². The number of benzene rings is 2. The lowest BCUT2D eigenvalue weighted by molar-refractivity contribution is 0.546. The molecule has 1 atom stereocenters. The van der Waals surface area contributed by atoms with Gasteiger partial charge in [-0.05, 0) is 36.2 Å².